The minimum Gasteiger partial charge on any atom is -0.484 e. The Morgan fingerprint density at radius 2 is 2.21 bits per heavy atom. The van der Waals surface area contributed by atoms with Gasteiger partial charge in [-0.3, -0.25) is 0 Å². The van der Waals surface area contributed by atoms with E-state index in [9.17, 15) is 0 Å². The SMILES string of the molecule is CC1(C)CNc2cc(Cl)c(N)cc2O1. The van der Waals surface area contributed by atoms with Crippen LogP contribution in [0.2, 0.25) is 5.02 Å². The van der Waals surface area contributed by atoms with Gasteiger partial charge in [0.05, 0.1) is 22.9 Å². The number of nitrogens with one attached hydrogen (secondary N) is 1. The van der Waals surface area contributed by atoms with Gasteiger partial charge in [-0.2, -0.15) is 0 Å². The van der Waals surface area contributed by atoms with Crippen LogP contribution in [0.15, 0.2) is 12.1 Å². The maximum Gasteiger partial charge on any atom is 0.145 e. The predicted octanol–water partition coefficient (Wildman–Crippen LogP) is 2.51. The third-order valence-corrected chi connectivity index (χ3v) is 2.52. The molecule has 1 aliphatic heterocycles. The molecule has 1 heterocycles. The molecule has 3 nitrogen and oxygen atoms in total. The lowest BCUT2D eigenvalue weighted by atomic mass is 10.1. The first-order chi connectivity index (χ1) is 6.48. The Morgan fingerprint density at radius 1 is 1.50 bits per heavy atom. The summed E-state index contributed by atoms with van der Waals surface area (Å²) in [4.78, 5) is 0. The van der Waals surface area contributed by atoms with Gasteiger partial charge in [0.15, 0.2) is 0 Å². The summed E-state index contributed by atoms with van der Waals surface area (Å²) in [6, 6.07) is 3.55. The van der Waals surface area contributed by atoms with Gasteiger partial charge in [0, 0.05) is 6.07 Å². The third-order valence-electron chi connectivity index (χ3n) is 2.19. The average molecular weight is 213 g/mol. The molecule has 14 heavy (non-hydrogen) atoms. The normalized spacial score (nSPS) is 17.9. The lowest BCUT2D eigenvalue weighted by Gasteiger charge is -2.33. The first kappa shape index (κ1) is 9.46. The zero-order valence-electron chi connectivity index (χ0n) is 8.23. The van der Waals surface area contributed by atoms with E-state index >= 15 is 0 Å². The van der Waals surface area contributed by atoms with Gasteiger partial charge in [-0.25, -0.2) is 0 Å². The molecule has 1 aliphatic rings. The van der Waals surface area contributed by atoms with Crippen molar-refractivity contribution in [1.29, 1.82) is 0 Å². The van der Waals surface area contributed by atoms with Crippen molar-refractivity contribution in [2.75, 3.05) is 17.6 Å². The van der Waals surface area contributed by atoms with Crippen molar-refractivity contribution in [1.82, 2.24) is 0 Å². The van der Waals surface area contributed by atoms with Crippen molar-refractivity contribution in [2.24, 2.45) is 0 Å². The van der Waals surface area contributed by atoms with Gasteiger partial charge in [0.25, 0.3) is 0 Å². The predicted molar refractivity (Wildman–Crippen MR) is 59.1 cm³/mol. The van der Waals surface area contributed by atoms with Crippen molar-refractivity contribution >= 4 is 23.0 Å². The Labute approximate surface area is 88.2 Å². The Hall–Kier alpha value is -1.09. The fourth-order valence-electron chi connectivity index (χ4n) is 1.43. The summed E-state index contributed by atoms with van der Waals surface area (Å²) in [5.41, 5.74) is 6.94. The van der Waals surface area contributed by atoms with E-state index in [0.717, 1.165) is 18.0 Å². The topological polar surface area (TPSA) is 47.3 Å². The molecule has 0 spiro atoms. The first-order valence-electron chi connectivity index (χ1n) is 4.50. The highest BCUT2D eigenvalue weighted by Crippen LogP contribution is 2.37. The molecular formula is C10H13ClN2O. The number of rotatable bonds is 0. The summed E-state index contributed by atoms with van der Waals surface area (Å²) in [5.74, 6) is 0.767. The van der Waals surface area contributed by atoms with Crippen LogP contribution in [0, 0.1) is 0 Å². The maximum absolute atomic E-state index is 5.90. The van der Waals surface area contributed by atoms with Gasteiger partial charge in [-0.1, -0.05) is 11.6 Å². The Bertz CT molecular complexity index is 377. The minimum absolute atomic E-state index is 0.201. The zero-order valence-corrected chi connectivity index (χ0v) is 8.98. The van der Waals surface area contributed by atoms with Gasteiger partial charge in [-0.05, 0) is 19.9 Å². The van der Waals surface area contributed by atoms with Crippen LogP contribution in [-0.4, -0.2) is 12.1 Å². The van der Waals surface area contributed by atoms with E-state index in [1.807, 2.05) is 13.8 Å². The number of halogens is 1. The first-order valence-corrected chi connectivity index (χ1v) is 4.88. The summed E-state index contributed by atoms with van der Waals surface area (Å²) in [7, 11) is 0. The number of hydrogen-bond donors (Lipinski definition) is 2. The van der Waals surface area contributed by atoms with Crippen molar-refractivity contribution in [3.63, 3.8) is 0 Å². The number of ether oxygens (including phenoxy) is 1. The van der Waals surface area contributed by atoms with E-state index in [0.29, 0.717) is 10.7 Å². The largest absolute Gasteiger partial charge is 0.484 e. The molecule has 76 valence electrons. The smallest absolute Gasteiger partial charge is 0.145 e. The fourth-order valence-corrected chi connectivity index (χ4v) is 1.60. The van der Waals surface area contributed by atoms with Crippen LogP contribution >= 0.6 is 11.6 Å². The molecule has 0 saturated carbocycles. The number of anilines is 2. The Kier molecular flexibility index (Phi) is 2.00. The Balaban J connectivity index is 2.43. The highest BCUT2D eigenvalue weighted by atomic mass is 35.5. The van der Waals surface area contributed by atoms with Crippen molar-refractivity contribution in [3.05, 3.63) is 17.2 Å². The maximum atomic E-state index is 5.90. The molecule has 4 heteroatoms. The third kappa shape index (κ3) is 1.60. The lowest BCUT2D eigenvalue weighted by Crippen LogP contribution is -2.40. The quantitative estimate of drug-likeness (QED) is 0.650. The van der Waals surface area contributed by atoms with Crippen LogP contribution in [0.1, 0.15) is 13.8 Å². The standard InChI is InChI=1S/C10H13ClN2O/c1-10(2)5-13-8-3-6(11)7(12)4-9(8)14-10/h3-4,13H,5,12H2,1-2H3. The molecule has 0 amide bonds. The van der Waals surface area contributed by atoms with Crippen LogP contribution in [0.3, 0.4) is 0 Å². The minimum atomic E-state index is -0.201. The second kappa shape index (κ2) is 2.95. The summed E-state index contributed by atoms with van der Waals surface area (Å²) in [5, 5.41) is 3.81. The second-order valence-electron chi connectivity index (χ2n) is 4.09. The molecule has 0 fully saturated rings. The van der Waals surface area contributed by atoms with Gasteiger partial charge in [0.2, 0.25) is 0 Å². The van der Waals surface area contributed by atoms with Crippen LogP contribution < -0.4 is 15.8 Å². The highest BCUT2D eigenvalue weighted by Gasteiger charge is 2.26. The van der Waals surface area contributed by atoms with E-state index in [2.05, 4.69) is 5.32 Å². The number of benzene rings is 1. The van der Waals surface area contributed by atoms with E-state index in [1.54, 1.807) is 12.1 Å². The molecule has 0 bridgehead atoms. The number of nitrogens with two attached hydrogens (primary N) is 1. The monoisotopic (exact) mass is 212 g/mol. The molecule has 2 rings (SSSR count). The molecule has 3 N–H and O–H groups in total. The number of nitrogen functional groups attached to an aromatic ring is 1. The van der Waals surface area contributed by atoms with Crippen LogP contribution in [0.4, 0.5) is 11.4 Å². The average Bonchev–Trinajstić information content (AvgIpc) is 2.07. The van der Waals surface area contributed by atoms with Gasteiger partial charge in [-0.15, -0.1) is 0 Å². The molecular weight excluding hydrogens is 200 g/mol. The van der Waals surface area contributed by atoms with E-state index in [4.69, 9.17) is 22.1 Å². The molecule has 0 unspecified atom stereocenters. The van der Waals surface area contributed by atoms with Gasteiger partial charge >= 0.3 is 0 Å². The summed E-state index contributed by atoms with van der Waals surface area (Å²) in [6.07, 6.45) is 0. The number of fused-ring (bicyclic) bond motifs is 1. The lowest BCUT2D eigenvalue weighted by molar-refractivity contribution is 0.116. The van der Waals surface area contributed by atoms with Crippen LogP contribution in [0.25, 0.3) is 0 Å². The van der Waals surface area contributed by atoms with Crippen molar-refractivity contribution in [2.45, 2.75) is 19.4 Å². The van der Waals surface area contributed by atoms with Crippen molar-refractivity contribution < 1.29 is 4.74 Å². The molecule has 0 aromatic heterocycles. The van der Waals surface area contributed by atoms with Crippen molar-refractivity contribution in [3.8, 4) is 5.75 Å². The summed E-state index contributed by atoms with van der Waals surface area (Å²) >= 11 is 5.90. The van der Waals surface area contributed by atoms with E-state index < -0.39 is 0 Å². The molecule has 0 aliphatic carbocycles. The van der Waals surface area contributed by atoms with Gasteiger partial charge < -0.3 is 15.8 Å². The second-order valence-corrected chi connectivity index (χ2v) is 4.49. The number of hydrogen-bond acceptors (Lipinski definition) is 3. The zero-order chi connectivity index (χ0) is 10.3. The van der Waals surface area contributed by atoms with Crippen LogP contribution in [0.5, 0.6) is 5.75 Å². The summed E-state index contributed by atoms with van der Waals surface area (Å²) < 4.78 is 5.75. The van der Waals surface area contributed by atoms with Crippen LogP contribution in [-0.2, 0) is 0 Å². The molecule has 0 radical (unpaired) electrons. The van der Waals surface area contributed by atoms with E-state index in [1.165, 1.54) is 0 Å². The molecule has 1 aromatic rings. The fraction of sp³-hybridized carbons (Fsp3) is 0.400. The van der Waals surface area contributed by atoms with Gasteiger partial charge in [0.1, 0.15) is 11.4 Å². The molecule has 0 atom stereocenters. The molecule has 0 saturated heterocycles. The molecule has 1 aromatic carbocycles. The summed E-state index contributed by atoms with van der Waals surface area (Å²) in [6.45, 7) is 4.81. The Morgan fingerprint density at radius 3 is 2.93 bits per heavy atom. The van der Waals surface area contributed by atoms with E-state index in [-0.39, 0.29) is 5.60 Å². The highest BCUT2D eigenvalue weighted by molar-refractivity contribution is 6.33.